The molecule has 0 saturated heterocycles. The number of nitrogens with zero attached hydrogens (tertiary/aromatic N) is 1. The van der Waals surface area contributed by atoms with Crippen LogP contribution in [0.2, 0.25) is 5.15 Å². The Bertz CT molecular complexity index is 460. The summed E-state index contributed by atoms with van der Waals surface area (Å²) in [7, 11) is 0. The molecule has 3 saturated carbocycles. The summed E-state index contributed by atoms with van der Waals surface area (Å²) in [6.45, 7) is 0. The summed E-state index contributed by atoms with van der Waals surface area (Å²) < 4.78 is 0. The highest BCUT2D eigenvalue weighted by atomic mass is 35.5. The molecule has 1 aromatic rings. The van der Waals surface area contributed by atoms with Crippen molar-refractivity contribution < 1.29 is 0 Å². The predicted molar refractivity (Wildman–Crippen MR) is 68.9 cm³/mol. The molecule has 3 fully saturated rings. The fourth-order valence-electron chi connectivity index (χ4n) is 4.24. The van der Waals surface area contributed by atoms with Crippen molar-refractivity contribution in [3.8, 4) is 0 Å². The first-order valence-electron chi connectivity index (χ1n) is 6.42. The Morgan fingerprint density at radius 2 is 1.94 bits per heavy atom. The van der Waals surface area contributed by atoms with Crippen molar-refractivity contribution >= 4 is 23.1 Å². The zero-order valence-electron chi connectivity index (χ0n) is 9.57. The molecule has 4 atom stereocenters. The first kappa shape index (κ1) is 10.0. The number of nitrogen functional groups attached to an aromatic ring is 1. The van der Waals surface area contributed by atoms with Crippen molar-refractivity contribution in [3.63, 3.8) is 0 Å². The third-order valence-electron chi connectivity index (χ3n) is 4.93. The topological polar surface area (TPSA) is 50.9 Å². The van der Waals surface area contributed by atoms with Gasteiger partial charge in [-0.15, -0.1) is 0 Å². The van der Waals surface area contributed by atoms with E-state index in [4.69, 9.17) is 17.3 Å². The molecule has 0 spiro atoms. The number of anilines is 2. The van der Waals surface area contributed by atoms with Gasteiger partial charge in [0.25, 0.3) is 0 Å². The highest BCUT2D eigenvalue weighted by Gasteiger charge is 2.65. The average molecular weight is 250 g/mol. The summed E-state index contributed by atoms with van der Waals surface area (Å²) in [4.78, 5) is 4.28. The van der Waals surface area contributed by atoms with Crippen LogP contribution in [0.5, 0.6) is 0 Å². The van der Waals surface area contributed by atoms with Gasteiger partial charge in [0.05, 0.1) is 5.69 Å². The van der Waals surface area contributed by atoms with Gasteiger partial charge in [-0.1, -0.05) is 11.6 Å². The molecule has 3 nitrogen and oxygen atoms in total. The van der Waals surface area contributed by atoms with Gasteiger partial charge in [0.2, 0.25) is 0 Å². The van der Waals surface area contributed by atoms with E-state index >= 15 is 0 Å². The monoisotopic (exact) mass is 249 g/mol. The molecule has 0 amide bonds. The maximum absolute atomic E-state index is 5.92. The van der Waals surface area contributed by atoms with E-state index in [9.17, 15) is 0 Å². The Morgan fingerprint density at radius 3 is 2.65 bits per heavy atom. The summed E-state index contributed by atoms with van der Waals surface area (Å²) in [6.07, 6.45) is 4.33. The second-order valence-corrected chi connectivity index (χ2v) is 6.12. The molecule has 17 heavy (non-hydrogen) atoms. The number of pyridine rings is 1. The lowest BCUT2D eigenvalue weighted by Crippen LogP contribution is -2.14. The molecule has 4 unspecified atom stereocenters. The number of hydrogen-bond acceptors (Lipinski definition) is 3. The molecule has 3 aliphatic carbocycles. The van der Waals surface area contributed by atoms with Crippen LogP contribution < -0.4 is 11.1 Å². The summed E-state index contributed by atoms with van der Waals surface area (Å²) >= 11 is 5.90. The summed E-state index contributed by atoms with van der Waals surface area (Å²) in [5.74, 6) is 4.46. The van der Waals surface area contributed by atoms with E-state index in [1.807, 2.05) is 6.07 Å². The molecule has 2 bridgehead atoms. The van der Waals surface area contributed by atoms with Crippen LogP contribution >= 0.6 is 11.6 Å². The molecule has 4 rings (SSSR count). The van der Waals surface area contributed by atoms with Crippen molar-refractivity contribution in [1.82, 2.24) is 4.98 Å². The van der Waals surface area contributed by atoms with Gasteiger partial charge in [0, 0.05) is 6.04 Å². The molecule has 1 aromatic heterocycles. The van der Waals surface area contributed by atoms with Crippen LogP contribution in [0.3, 0.4) is 0 Å². The summed E-state index contributed by atoms with van der Waals surface area (Å²) in [6, 6.07) is 4.17. The van der Waals surface area contributed by atoms with E-state index in [0.29, 0.717) is 16.9 Å². The van der Waals surface area contributed by atoms with Crippen LogP contribution in [0.1, 0.15) is 19.3 Å². The lowest BCUT2D eigenvalue weighted by Gasteiger charge is -2.12. The zero-order valence-corrected chi connectivity index (χ0v) is 10.3. The van der Waals surface area contributed by atoms with E-state index < -0.39 is 0 Å². The van der Waals surface area contributed by atoms with Crippen molar-refractivity contribution in [2.75, 3.05) is 11.1 Å². The van der Waals surface area contributed by atoms with Crippen LogP contribution in [0.15, 0.2) is 12.1 Å². The lowest BCUT2D eigenvalue weighted by atomic mass is 10.0. The third kappa shape index (κ3) is 1.38. The molecular formula is C13H16ClN3. The SMILES string of the molecule is Nc1ccc(Cl)nc1NC1C2C3CCC(C3)C12. The molecule has 0 aliphatic heterocycles. The normalized spacial score (nSPS) is 41.4. The number of aromatic nitrogens is 1. The Labute approximate surface area is 106 Å². The Kier molecular flexibility index (Phi) is 1.93. The number of hydrogen-bond donors (Lipinski definition) is 2. The molecule has 0 aromatic carbocycles. The van der Waals surface area contributed by atoms with Gasteiger partial charge in [-0.2, -0.15) is 0 Å². The first-order chi connectivity index (χ1) is 8.24. The number of nitrogens with one attached hydrogen (secondary N) is 1. The standard InChI is InChI=1S/C13H16ClN3/c14-9-4-3-8(15)13(16-9)17-12-10-6-1-2-7(5-6)11(10)12/h3-4,6-7,10-12H,1-2,5,15H2,(H,16,17). The summed E-state index contributed by atoms with van der Waals surface area (Å²) in [5.41, 5.74) is 6.62. The van der Waals surface area contributed by atoms with Gasteiger partial charge in [0.1, 0.15) is 5.15 Å². The van der Waals surface area contributed by atoms with E-state index in [1.165, 1.54) is 19.3 Å². The molecule has 3 aliphatic rings. The van der Waals surface area contributed by atoms with E-state index in [-0.39, 0.29) is 0 Å². The van der Waals surface area contributed by atoms with Gasteiger partial charge < -0.3 is 11.1 Å². The smallest absolute Gasteiger partial charge is 0.151 e. The van der Waals surface area contributed by atoms with Crippen molar-refractivity contribution in [3.05, 3.63) is 17.3 Å². The minimum Gasteiger partial charge on any atom is -0.396 e. The lowest BCUT2D eigenvalue weighted by molar-refractivity contribution is 0.456. The average Bonchev–Trinajstić information content (AvgIpc) is 2.72. The van der Waals surface area contributed by atoms with Crippen LogP contribution in [-0.2, 0) is 0 Å². The molecular weight excluding hydrogens is 234 g/mol. The van der Waals surface area contributed by atoms with Gasteiger partial charge in [-0.05, 0) is 55.1 Å². The fraction of sp³-hybridized carbons (Fsp3) is 0.615. The zero-order chi connectivity index (χ0) is 11.6. The highest BCUT2D eigenvalue weighted by Crippen LogP contribution is 2.66. The molecule has 3 N–H and O–H groups in total. The van der Waals surface area contributed by atoms with Gasteiger partial charge in [-0.3, -0.25) is 0 Å². The minimum absolute atomic E-state index is 0.510. The predicted octanol–water partition coefficient (Wildman–Crippen LogP) is 2.77. The van der Waals surface area contributed by atoms with Gasteiger partial charge >= 0.3 is 0 Å². The van der Waals surface area contributed by atoms with Crippen molar-refractivity contribution in [2.24, 2.45) is 23.7 Å². The van der Waals surface area contributed by atoms with Crippen LogP contribution in [-0.4, -0.2) is 11.0 Å². The van der Waals surface area contributed by atoms with Crippen LogP contribution in [0.4, 0.5) is 11.5 Å². The number of halogens is 1. The van der Waals surface area contributed by atoms with E-state index in [1.54, 1.807) is 6.07 Å². The fourth-order valence-corrected chi connectivity index (χ4v) is 4.39. The third-order valence-corrected chi connectivity index (χ3v) is 5.14. The largest absolute Gasteiger partial charge is 0.396 e. The van der Waals surface area contributed by atoms with Crippen molar-refractivity contribution in [2.45, 2.75) is 25.3 Å². The maximum atomic E-state index is 5.92. The van der Waals surface area contributed by atoms with E-state index in [2.05, 4.69) is 10.3 Å². The molecule has 1 heterocycles. The molecule has 4 heteroatoms. The Morgan fingerprint density at radius 1 is 1.24 bits per heavy atom. The molecule has 90 valence electrons. The number of rotatable bonds is 2. The van der Waals surface area contributed by atoms with Crippen molar-refractivity contribution in [1.29, 1.82) is 0 Å². The van der Waals surface area contributed by atoms with Crippen LogP contribution in [0.25, 0.3) is 0 Å². The second-order valence-electron chi connectivity index (χ2n) is 5.73. The number of nitrogens with two attached hydrogens (primary N) is 1. The summed E-state index contributed by atoms with van der Waals surface area (Å²) in [5, 5.41) is 4.02. The van der Waals surface area contributed by atoms with Crippen LogP contribution in [0, 0.1) is 23.7 Å². The Hall–Kier alpha value is -0.960. The van der Waals surface area contributed by atoms with Gasteiger partial charge in [0.15, 0.2) is 5.82 Å². The molecule has 0 radical (unpaired) electrons. The van der Waals surface area contributed by atoms with Gasteiger partial charge in [-0.25, -0.2) is 4.98 Å². The highest BCUT2D eigenvalue weighted by molar-refractivity contribution is 6.29. The quantitative estimate of drug-likeness (QED) is 0.793. The van der Waals surface area contributed by atoms with E-state index in [0.717, 1.165) is 29.5 Å². The maximum Gasteiger partial charge on any atom is 0.151 e. The number of fused-ring (bicyclic) bond motifs is 5. The minimum atomic E-state index is 0.510. The second kappa shape index (κ2) is 3.29. The first-order valence-corrected chi connectivity index (χ1v) is 6.80. The Balaban J connectivity index is 1.54.